The lowest BCUT2D eigenvalue weighted by Gasteiger charge is -2.14. The summed E-state index contributed by atoms with van der Waals surface area (Å²) in [4.78, 5) is 24.8. The molecule has 1 aromatic rings. The molecule has 1 N–H and O–H groups in total. The standard InChI is InChI=1S/C10H9BrF3NO4/c1-18-8(16)2-5-6(3-11)9(17)15-4-7(5)19-10(12,13)14/h4H,2-3H2,1H3,(H,15,17). The summed E-state index contributed by atoms with van der Waals surface area (Å²) in [7, 11) is 1.09. The summed E-state index contributed by atoms with van der Waals surface area (Å²) >= 11 is 2.98. The average molecular weight is 344 g/mol. The summed E-state index contributed by atoms with van der Waals surface area (Å²) in [5.41, 5.74) is -0.790. The highest BCUT2D eigenvalue weighted by Gasteiger charge is 2.33. The molecule has 0 fully saturated rings. The van der Waals surface area contributed by atoms with Gasteiger partial charge in [-0.25, -0.2) is 0 Å². The van der Waals surface area contributed by atoms with E-state index in [0.29, 0.717) is 0 Å². The van der Waals surface area contributed by atoms with Crippen molar-refractivity contribution in [3.8, 4) is 5.75 Å². The van der Waals surface area contributed by atoms with E-state index >= 15 is 0 Å². The molecule has 1 aromatic heterocycles. The van der Waals surface area contributed by atoms with Gasteiger partial charge in [-0.05, 0) is 0 Å². The van der Waals surface area contributed by atoms with Crippen LogP contribution in [0.3, 0.4) is 0 Å². The number of aromatic amines is 1. The van der Waals surface area contributed by atoms with Gasteiger partial charge in [0.15, 0.2) is 0 Å². The van der Waals surface area contributed by atoms with E-state index < -0.39 is 30.1 Å². The number of rotatable bonds is 4. The van der Waals surface area contributed by atoms with E-state index in [1.165, 1.54) is 0 Å². The fourth-order valence-corrected chi connectivity index (χ4v) is 1.95. The molecule has 0 aromatic carbocycles. The third-order valence-corrected chi connectivity index (χ3v) is 2.74. The van der Waals surface area contributed by atoms with E-state index in [2.05, 4.69) is 30.4 Å². The van der Waals surface area contributed by atoms with Crippen LogP contribution < -0.4 is 10.3 Å². The van der Waals surface area contributed by atoms with Gasteiger partial charge >= 0.3 is 12.3 Å². The molecular weight excluding hydrogens is 335 g/mol. The molecule has 0 bridgehead atoms. The summed E-state index contributed by atoms with van der Waals surface area (Å²) in [5, 5.41) is -0.0241. The van der Waals surface area contributed by atoms with E-state index in [1.54, 1.807) is 0 Å². The summed E-state index contributed by atoms with van der Waals surface area (Å²) in [6, 6.07) is 0. The molecule has 0 saturated carbocycles. The summed E-state index contributed by atoms with van der Waals surface area (Å²) in [6.07, 6.45) is -4.65. The Morgan fingerprint density at radius 1 is 1.42 bits per heavy atom. The molecule has 106 valence electrons. The number of hydrogen-bond acceptors (Lipinski definition) is 4. The van der Waals surface area contributed by atoms with Gasteiger partial charge in [0.1, 0.15) is 5.75 Å². The SMILES string of the molecule is COC(=O)Cc1c(OC(F)(F)F)c[nH]c(=O)c1CBr. The second kappa shape index (κ2) is 6.09. The molecule has 1 rings (SSSR count). The third-order valence-electron chi connectivity index (χ3n) is 2.18. The minimum absolute atomic E-state index is 0.0212. The number of pyridine rings is 1. The van der Waals surface area contributed by atoms with Crippen molar-refractivity contribution >= 4 is 21.9 Å². The normalized spacial score (nSPS) is 11.2. The first-order valence-corrected chi connectivity index (χ1v) is 6.02. The molecule has 0 aliphatic heterocycles. The molecule has 1 heterocycles. The van der Waals surface area contributed by atoms with Crippen LogP contribution in [-0.4, -0.2) is 24.4 Å². The Balaban J connectivity index is 3.29. The molecule has 5 nitrogen and oxygen atoms in total. The van der Waals surface area contributed by atoms with Crippen LogP contribution in [0.2, 0.25) is 0 Å². The minimum atomic E-state index is -4.92. The number of carbonyl (C=O) groups is 1. The maximum atomic E-state index is 12.2. The van der Waals surface area contributed by atoms with Crippen LogP contribution in [0.5, 0.6) is 5.75 Å². The van der Waals surface area contributed by atoms with Crippen LogP contribution in [0.15, 0.2) is 11.0 Å². The number of esters is 1. The van der Waals surface area contributed by atoms with Crippen molar-refractivity contribution in [1.29, 1.82) is 0 Å². The van der Waals surface area contributed by atoms with Crippen LogP contribution >= 0.6 is 15.9 Å². The molecule has 0 atom stereocenters. The lowest BCUT2D eigenvalue weighted by molar-refractivity contribution is -0.275. The second-order valence-electron chi connectivity index (χ2n) is 3.37. The lowest BCUT2D eigenvalue weighted by atomic mass is 10.1. The van der Waals surface area contributed by atoms with Crippen LogP contribution in [0, 0.1) is 0 Å². The van der Waals surface area contributed by atoms with Crippen molar-refractivity contribution < 1.29 is 27.4 Å². The topological polar surface area (TPSA) is 68.4 Å². The van der Waals surface area contributed by atoms with Crippen LogP contribution in [0.25, 0.3) is 0 Å². The molecule has 0 unspecified atom stereocenters. The highest BCUT2D eigenvalue weighted by Crippen LogP contribution is 2.27. The number of methoxy groups -OCH3 is 1. The third kappa shape index (κ3) is 4.27. The molecule has 9 heteroatoms. The highest BCUT2D eigenvalue weighted by atomic mass is 79.9. The predicted octanol–water partition coefficient (Wildman–Crippen LogP) is 1.88. The fraction of sp³-hybridized carbons (Fsp3) is 0.400. The predicted molar refractivity (Wildman–Crippen MR) is 62.1 cm³/mol. The largest absolute Gasteiger partial charge is 0.573 e. The Labute approximate surface area is 113 Å². The number of ether oxygens (including phenoxy) is 2. The summed E-state index contributed by atoms with van der Waals surface area (Å²) in [6.45, 7) is 0. The monoisotopic (exact) mass is 343 g/mol. The first-order chi connectivity index (χ1) is 8.78. The van der Waals surface area contributed by atoms with E-state index in [1.807, 2.05) is 0 Å². The minimum Gasteiger partial charge on any atom is -0.469 e. The van der Waals surface area contributed by atoms with Crippen molar-refractivity contribution in [1.82, 2.24) is 4.98 Å². The lowest BCUT2D eigenvalue weighted by Crippen LogP contribution is -2.23. The molecular formula is C10H9BrF3NO4. The smallest absolute Gasteiger partial charge is 0.469 e. The van der Waals surface area contributed by atoms with Crippen molar-refractivity contribution in [2.75, 3.05) is 7.11 Å². The maximum absolute atomic E-state index is 12.2. The van der Waals surface area contributed by atoms with Crippen molar-refractivity contribution in [3.63, 3.8) is 0 Å². The number of nitrogens with one attached hydrogen (secondary N) is 1. The number of halogens is 4. The molecule has 0 spiro atoms. The number of H-pyrrole nitrogens is 1. The van der Waals surface area contributed by atoms with Crippen LogP contribution in [0.1, 0.15) is 11.1 Å². The average Bonchev–Trinajstić information content (AvgIpc) is 2.31. The van der Waals surface area contributed by atoms with Crippen LogP contribution in [0.4, 0.5) is 13.2 Å². The highest BCUT2D eigenvalue weighted by molar-refractivity contribution is 9.08. The van der Waals surface area contributed by atoms with Gasteiger partial charge in [0.2, 0.25) is 0 Å². The van der Waals surface area contributed by atoms with E-state index in [0.717, 1.165) is 13.3 Å². The Morgan fingerprint density at radius 2 is 2.05 bits per heavy atom. The van der Waals surface area contributed by atoms with Crippen LogP contribution in [-0.2, 0) is 21.3 Å². The van der Waals surface area contributed by atoms with Crippen molar-refractivity contribution in [2.45, 2.75) is 18.1 Å². The summed E-state index contributed by atoms with van der Waals surface area (Å²) in [5.74, 6) is -1.41. The quantitative estimate of drug-likeness (QED) is 0.669. The van der Waals surface area contributed by atoms with Gasteiger partial charge in [-0.3, -0.25) is 9.59 Å². The number of carbonyl (C=O) groups excluding carboxylic acids is 1. The fourth-order valence-electron chi connectivity index (χ4n) is 1.36. The van der Waals surface area contributed by atoms with Gasteiger partial charge < -0.3 is 14.5 Å². The summed E-state index contributed by atoms with van der Waals surface area (Å²) < 4.78 is 44.9. The van der Waals surface area contributed by atoms with Gasteiger partial charge in [-0.15, -0.1) is 13.2 Å². The van der Waals surface area contributed by atoms with Gasteiger partial charge in [-0.2, -0.15) is 0 Å². The van der Waals surface area contributed by atoms with Gasteiger partial charge in [0, 0.05) is 22.7 Å². The van der Waals surface area contributed by atoms with E-state index in [9.17, 15) is 22.8 Å². The Morgan fingerprint density at radius 3 is 2.53 bits per heavy atom. The Hall–Kier alpha value is -1.51. The molecule has 0 amide bonds. The Kier molecular flexibility index (Phi) is 4.98. The number of alkyl halides is 4. The molecule has 0 radical (unpaired) electrons. The maximum Gasteiger partial charge on any atom is 0.573 e. The first kappa shape index (κ1) is 15.5. The van der Waals surface area contributed by atoms with Gasteiger partial charge in [0.05, 0.1) is 13.5 Å². The number of aromatic nitrogens is 1. The molecule has 0 aliphatic carbocycles. The van der Waals surface area contributed by atoms with Gasteiger partial charge in [-0.1, -0.05) is 15.9 Å². The second-order valence-corrected chi connectivity index (χ2v) is 3.93. The zero-order chi connectivity index (χ0) is 14.6. The Bertz CT molecular complexity index is 526. The number of hydrogen-bond donors (Lipinski definition) is 1. The van der Waals surface area contributed by atoms with E-state index in [4.69, 9.17) is 0 Å². The van der Waals surface area contributed by atoms with Crippen molar-refractivity contribution in [3.05, 3.63) is 27.7 Å². The van der Waals surface area contributed by atoms with Crippen molar-refractivity contribution in [2.24, 2.45) is 0 Å². The molecule has 0 aliphatic rings. The van der Waals surface area contributed by atoms with Gasteiger partial charge in [0.25, 0.3) is 5.56 Å². The molecule has 19 heavy (non-hydrogen) atoms. The zero-order valence-corrected chi connectivity index (χ0v) is 11.2. The first-order valence-electron chi connectivity index (χ1n) is 4.90. The van der Waals surface area contributed by atoms with E-state index in [-0.39, 0.29) is 16.5 Å². The zero-order valence-electron chi connectivity index (χ0n) is 9.64. The molecule has 0 saturated heterocycles.